The van der Waals surface area contributed by atoms with Gasteiger partial charge in [0.2, 0.25) is 11.7 Å². The zero-order valence-electron chi connectivity index (χ0n) is 16.4. The third-order valence-electron chi connectivity index (χ3n) is 4.54. The van der Waals surface area contributed by atoms with Gasteiger partial charge in [0.15, 0.2) is 5.96 Å². The summed E-state index contributed by atoms with van der Waals surface area (Å²) >= 11 is 7.98. The molecule has 1 aromatic carbocycles. The molecule has 2 heterocycles. The Hall–Kier alpha value is -1.000. The topological polar surface area (TPSA) is 66.5 Å². The molecular weight excluding hydrogens is 509 g/mol. The molecule has 3 rings (SSSR count). The summed E-state index contributed by atoms with van der Waals surface area (Å²) in [7, 11) is 1.83. The first-order chi connectivity index (χ1) is 13.1. The molecule has 9 heteroatoms. The van der Waals surface area contributed by atoms with Crippen molar-refractivity contribution in [2.24, 2.45) is 10.9 Å². The van der Waals surface area contributed by atoms with Crippen molar-refractivity contribution in [1.29, 1.82) is 0 Å². The number of hydrogen-bond donors (Lipinski definition) is 1. The highest BCUT2D eigenvalue weighted by molar-refractivity contribution is 14.0. The second kappa shape index (κ2) is 11.3. The summed E-state index contributed by atoms with van der Waals surface area (Å²) in [5, 5.41) is 8.81. The molecule has 0 radical (unpaired) electrons. The van der Waals surface area contributed by atoms with E-state index < -0.39 is 0 Å². The molecule has 1 aliphatic heterocycles. The summed E-state index contributed by atoms with van der Waals surface area (Å²) in [6.45, 7) is 7.32. The lowest BCUT2D eigenvalue weighted by Gasteiger charge is -2.36. The van der Waals surface area contributed by atoms with E-state index in [9.17, 15) is 0 Å². The average Bonchev–Trinajstić information content (AvgIpc) is 3.15. The highest BCUT2D eigenvalue weighted by Crippen LogP contribution is 2.25. The third-order valence-corrected chi connectivity index (χ3v) is 6.33. The number of benzene rings is 1. The number of nitrogens with zero attached hydrogens (tertiary/aromatic N) is 4. The fourth-order valence-corrected chi connectivity index (χ4v) is 4.38. The fourth-order valence-electron chi connectivity index (χ4n) is 2.96. The van der Waals surface area contributed by atoms with E-state index >= 15 is 0 Å². The van der Waals surface area contributed by atoms with Crippen molar-refractivity contribution in [3.8, 4) is 11.4 Å². The van der Waals surface area contributed by atoms with E-state index in [1.165, 1.54) is 0 Å². The van der Waals surface area contributed by atoms with Gasteiger partial charge in [-0.2, -0.15) is 16.7 Å². The first-order valence-corrected chi connectivity index (χ1v) is 10.6. The van der Waals surface area contributed by atoms with Gasteiger partial charge in [0.25, 0.3) is 0 Å². The third kappa shape index (κ3) is 6.25. The molecule has 0 spiro atoms. The highest BCUT2D eigenvalue weighted by atomic mass is 127. The largest absolute Gasteiger partial charge is 0.356 e. The second-order valence-corrected chi connectivity index (χ2v) is 8.63. The summed E-state index contributed by atoms with van der Waals surface area (Å²) in [4.78, 5) is 11.2. The van der Waals surface area contributed by atoms with Crippen LogP contribution in [-0.2, 0) is 6.42 Å². The number of rotatable bonds is 5. The first-order valence-electron chi connectivity index (χ1n) is 9.22. The van der Waals surface area contributed by atoms with Crippen molar-refractivity contribution in [2.75, 3.05) is 32.4 Å². The molecule has 1 N–H and O–H groups in total. The molecule has 1 atom stereocenters. The Kier molecular flexibility index (Phi) is 9.36. The molecular formula is C19H27ClIN5OS. The van der Waals surface area contributed by atoms with Gasteiger partial charge < -0.3 is 14.7 Å². The minimum atomic E-state index is 0. The van der Waals surface area contributed by atoms with E-state index in [1.54, 1.807) is 0 Å². The van der Waals surface area contributed by atoms with Crippen LogP contribution in [0.4, 0.5) is 0 Å². The van der Waals surface area contributed by atoms with Crippen molar-refractivity contribution in [3.63, 3.8) is 0 Å². The Morgan fingerprint density at radius 2 is 2.14 bits per heavy atom. The second-order valence-electron chi connectivity index (χ2n) is 6.84. The van der Waals surface area contributed by atoms with Gasteiger partial charge in [-0.25, -0.2) is 0 Å². The number of hydrogen-bond acceptors (Lipinski definition) is 5. The SMILES string of the molecule is CN=C(NCCc1nc(-c2ccc(Cl)cc2)no1)N1CCSC(C(C)C)C1.I. The standard InChI is InChI=1S/C19H26ClN5OS.HI/c1-13(2)16-12-25(10-11-27-16)19(21-3)22-9-8-17-23-18(24-26-17)14-4-6-15(20)7-5-14;/h4-7,13,16H,8-12H2,1-3H3,(H,21,22);1H. The van der Waals surface area contributed by atoms with Gasteiger partial charge in [-0.3, -0.25) is 4.99 Å². The zero-order chi connectivity index (χ0) is 19.2. The lowest BCUT2D eigenvalue weighted by atomic mass is 10.1. The Morgan fingerprint density at radius 3 is 2.82 bits per heavy atom. The molecule has 0 saturated carbocycles. The predicted molar refractivity (Wildman–Crippen MR) is 128 cm³/mol. The van der Waals surface area contributed by atoms with Crippen LogP contribution in [0.3, 0.4) is 0 Å². The predicted octanol–water partition coefficient (Wildman–Crippen LogP) is 4.20. The van der Waals surface area contributed by atoms with Gasteiger partial charge in [0, 0.05) is 54.7 Å². The molecule has 6 nitrogen and oxygen atoms in total. The van der Waals surface area contributed by atoms with E-state index in [-0.39, 0.29) is 24.0 Å². The van der Waals surface area contributed by atoms with E-state index in [0.29, 0.717) is 40.9 Å². The smallest absolute Gasteiger partial charge is 0.228 e. The van der Waals surface area contributed by atoms with Crippen molar-refractivity contribution in [3.05, 3.63) is 35.2 Å². The number of aromatic nitrogens is 2. The van der Waals surface area contributed by atoms with Crippen molar-refractivity contribution in [2.45, 2.75) is 25.5 Å². The Labute approximate surface area is 192 Å². The van der Waals surface area contributed by atoms with Gasteiger partial charge in [0.1, 0.15) is 0 Å². The van der Waals surface area contributed by atoms with Crippen LogP contribution in [0.1, 0.15) is 19.7 Å². The van der Waals surface area contributed by atoms with E-state index in [0.717, 1.165) is 30.4 Å². The number of aliphatic imine (C=N–C) groups is 1. The molecule has 2 aromatic rings. The molecule has 1 aliphatic rings. The zero-order valence-corrected chi connectivity index (χ0v) is 20.3. The van der Waals surface area contributed by atoms with E-state index in [2.05, 4.69) is 51.0 Å². The van der Waals surface area contributed by atoms with Gasteiger partial charge in [-0.05, 0) is 30.2 Å². The lowest BCUT2D eigenvalue weighted by Crippen LogP contribution is -2.49. The quantitative estimate of drug-likeness (QED) is 0.352. The summed E-state index contributed by atoms with van der Waals surface area (Å²) in [5.41, 5.74) is 0.892. The maximum Gasteiger partial charge on any atom is 0.228 e. The maximum atomic E-state index is 5.92. The van der Waals surface area contributed by atoms with Crippen LogP contribution in [-0.4, -0.2) is 58.7 Å². The highest BCUT2D eigenvalue weighted by Gasteiger charge is 2.24. The van der Waals surface area contributed by atoms with Crippen LogP contribution in [0, 0.1) is 5.92 Å². The lowest BCUT2D eigenvalue weighted by molar-refractivity contribution is 0.370. The number of nitrogens with one attached hydrogen (secondary N) is 1. The molecule has 0 amide bonds. The fraction of sp³-hybridized carbons (Fsp3) is 0.526. The van der Waals surface area contributed by atoms with Gasteiger partial charge in [-0.1, -0.05) is 30.6 Å². The molecule has 1 fully saturated rings. The van der Waals surface area contributed by atoms with Crippen LogP contribution >= 0.6 is 47.3 Å². The summed E-state index contributed by atoms with van der Waals surface area (Å²) in [5.74, 6) is 3.94. The molecule has 1 unspecified atom stereocenters. The average molecular weight is 536 g/mol. The Balaban J connectivity index is 0.00000280. The summed E-state index contributed by atoms with van der Waals surface area (Å²) < 4.78 is 5.37. The van der Waals surface area contributed by atoms with Crippen LogP contribution < -0.4 is 5.32 Å². The van der Waals surface area contributed by atoms with E-state index in [4.69, 9.17) is 16.1 Å². The van der Waals surface area contributed by atoms with Crippen molar-refractivity contribution < 1.29 is 4.52 Å². The summed E-state index contributed by atoms with van der Waals surface area (Å²) in [6.07, 6.45) is 0.649. The van der Waals surface area contributed by atoms with Gasteiger partial charge in [0.05, 0.1) is 0 Å². The van der Waals surface area contributed by atoms with Crippen LogP contribution in [0.15, 0.2) is 33.8 Å². The van der Waals surface area contributed by atoms with Crippen LogP contribution in [0.25, 0.3) is 11.4 Å². The Morgan fingerprint density at radius 1 is 1.39 bits per heavy atom. The monoisotopic (exact) mass is 535 g/mol. The summed E-state index contributed by atoms with van der Waals surface area (Å²) in [6, 6.07) is 7.41. The Bertz CT molecular complexity index is 768. The normalized spacial score (nSPS) is 17.5. The molecule has 1 aromatic heterocycles. The number of thioether (sulfide) groups is 1. The molecule has 0 aliphatic carbocycles. The van der Waals surface area contributed by atoms with E-state index in [1.807, 2.05) is 31.3 Å². The first kappa shape index (κ1) is 23.3. The minimum Gasteiger partial charge on any atom is -0.356 e. The van der Waals surface area contributed by atoms with Crippen molar-refractivity contribution in [1.82, 2.24) is 20.4 Å². The molecule has 1 saturated heterocycles. The number of halogens is 2. The van der Waals surface area contributed by atoms with Crippen LogP contribution in [0.2, 0.25) is 5.02 Å². The maximum absolute atomic E-state index is 5.92. The van der Waals surface area contributed by atoms with Crippen LogP contribution in [0.5, 0.6) is 0 Å². The van der Waals surface area contributed by atoms with Gasteiger partial charge >= 0.3 is 0 Å². The van der Waals surface area contributed by atoms with Crippen molar-refractivity contribution >= 4 is 53.3 Å². The molecule has 0 bridgehead atoms. The molecule has 154 valence electrons. The van der Waals surface area contributed by atoms with Gasteiger partial charge in [-0.15, -0.1) is 24.0 Å². The number of guanidine groups is 1. The minimum absolute atomic E-state index is 0. The molecule has 28 heavy (non-hydrogen) atoms.